The molecular weight excluding hydrogens is 254 g/mol. The second-order valence-corrected chi connectivity index (χ2v) is 5.94. The van der Waals surface area contributed by atoms with Crippen molar-refractivity contribution in [1.29, 1.82) is 0 Å². The molecule has 1 aromatic carbocycles. The number of aryl methyl sites for hydroxylation is 1. The Morgan fingerprint density at radius 2 is 2.21 bits per heavy atom. The van der Waals surface area contributed by atoms with E-state index in [9.17, 15) is 0 Å². The van der Waals surface area contributed by atoms with Gasteiger partial charge in [-0.3, -0.25) is 0 Å². The van der Waals surface area contributed by atoms with Gasteiger partial charge in [0.05, 0.1) is 5.69 Å². The van der Waals surface area contributed by atoms with Crippen molar-refractivity contribution in [2.75, 3.05) is 13.1 Å². The molecule has 0 saturated carbocycles. The first-order valence-electron chi connectivity index (χ1n) is 6.77. The normalized spacial score (nSPS) is 18.9. The molecule has 0 amide bonds. The van der Waals surface area contributed by atoms with Gasteiger partial charge in [-0.05, 0) is 19.9 Å². The largest absolute Gasteiger partial charge is 0.315 e. The highest BCUT2D eigenvalue weighted by Gasteiger charge is 2.14. The zero-order valence-corrected chi connectivity index (χ0v) is 12.0. The van der Waals surface area contributed by atoms with Crippen molar-refractivity contribution in [2.45, 2.75) is 25.9 Å². The first-order chi connectivity index (χ1) is 9.31. The Morgan fingerprint density at radius 1 is 1.37 bits per heavy atom. The maximum Gasteiger partial charge on any atom is 0.123 e. The smallest absolute Gasteiger partial charge is 0.123 e. The Kier molecular flexibility index (Phi) is 3.92. The van der Waals surface area contributed by atoms with E-state index in [4.69, 9.17) is 4.98 Å². The minimum atomic E-state index is 0.601. The molecule has 0 bridgehead atoms. The number of thiazole rings is 1. The second-order valence-electron chi connectivity index (χ2n) is 5.08. The maximum absolute atomic E-state index is 4.71. The number of nitrogens with one attached hydrogen (secondary N) is 2. The minimum Gasteiger partial charge on any atom is -0.315 e. The molecule has 100 valence electrons. The third-order valence-corrected chi connectivity index (χ3v) is 4.42. The van der Waals surface area contributed by atoms with Crippen molar-refractivity contribution in [3.05, 3.63) is 40.9 Å². The highest BCUT2D eigenvalue weighted by molar-refractivity contribution is 7.13. The van der Waals surface area contributed by atoms with E-state index in [-0.39, 0.29) is 0 Å². The summed E-state index contributed by atoms with van der Waals surface area (Å²) in [5, 5.41) is 10.2. The Balaban J connectivity index is 1.63. The zero-order valence-electron chi connectivity index (χ0n) is 11.1. The standard InChI is InChI=1S/C15H19N3S/c1-11-2-4-12(5-3-11)15-18-14(10-19-15)9-17-13-6-7-16-8-13/h2-5,10,13,16-17H,6-9H2,1H3. The van der Waals surface area contributed by atoms with E-state index in [2.05, 4.69) is 47.2 Å². The van der Waals surface area contributed by atoms with E-state index in [1.807, 2.05) is 0 Å². The fourth-order valence-electron chi connectivity index (χ4n) is 2.29. The number of aromatic nitrogens is 1. The van der Waals surface area contributed by atoms with Crippen molar-refractivity contribution in [3.63, 3.8) is 0 Å². The molecule has 1 aliphatic rings. The third kappa shape index (κ3) is 3.21. The molecule has 19 heavy (non-hydrogen) atoms. The molecule has 2 N–H and O–H groups in total. The summed E-state index contributed by atoms with van der Waals surface area (Å²) in [5.41, 5.74) is 3.65. The topological polar surface area (TPSA) is 37.0 Å². The lowest BCUT2D eigenvalue weighted by atomic mass is 10.2. The average Bonchev–Trinajstić information content (AvgIpc) is 3.09. The summed E-state index contributed by atoms with van der Waals surface area (Å²) in [7, 11) is 0. The number of nitrogens with zero attached hydrogens (tertiary/aromatic N) is 1. The van der Waals surface area contributed by atoms with Crippen LogP contribution >= 0.6 is 11.3 Å². The molecule has 2 aromatic rings. The highest BCUT2D eigenvalue weighted by atomic mass is 32.1. The van der Waals surface area contributed by atoms with E-state index >= 15 is 0 Å². The molecule has 3 nitrogen and oxygen atoms in total. The van der Waals surface area contributed by atoms with Crippen LogP contribution in [0.5, 0.6) is 0 Å². The SMILES string of the molecule is Cc1ccc(-c2nc(CNC3CCNC3)cs2)cc1. The molecule has 1 aliphatic heterocycles. The molecular formula is C15H19N3S. The predicted molar refractivity (Wildman–Crippen MR) is 80.4 cm³/mol. The van der Waals surface area contributed by atoms with E-state index in [1.54, 1.807) is 11.3 Å². The Labute approximate surface area is 118 Å². The Morgan fingerprint density at radius 3 is 2.95 bits per heavy atom. The number of hydrogen-bond acceptors (Lipinski definition) is 4. The molecule has 0 aliphatic carbocycles. The molecule has 1 aromatic heterocycles. The summed E-state index contributed by atoms with van der Waals surface area (Å²) in [4.78, 5) is 4.71. The molecule has 0 spiro atoms. The summed E-state index contributed by atoms with van der Waals surface area (Å²) in [6, 6.07) is 9.17. The van der Waals surface area contributed by atoms with Crippen LogP contribution in [0.4, 0.5) is 0 Å². The molecule has 1 fully saturated rings. The zero-order chi connectivity index (χ0) is 13.1. The lowest BCUT2D eigenvalue weighted by Gasteiger charge is -2.08. The maximum atomic E-state index is 4.71. The van der Waals surface area contributed by atoms with Crippen LogP contribution in [0.2, 0.25) is 0 Å². The molecule has 1 atom stereocenters. The lowest BCUT2D eigenvalue weighted by molar-refractivity contribution is 0.543. The summed E-state index contributed by atoms with van der Waals surface area (Å²) in [6.07, 6.45) is 1.22. The summed E-state index contributed by atoms with van der Waals surface area (Å²) in [5.74, 6) is 0. The average molecular weight is 273 g/mol. The highest BCUT2D eigenvalue weighted by Crippen LogP contribution is 2.24. The van der Waals surface area contributed by atoms with Gasteiger partial charge < -0.3 is 10.6 Å². The van der Waals surface area contributed by atoms with Crippen LogP contribution < -0.4 is 10.6 Å². The van der Waals surface area contributed by atoms with Crippen LogP contribution in [-0.2, 0) is 6.54 Å². The summed E-state index contributed by atoms with van der Waals surface area (Å²) < 4.78 is 0. The fraction of sp³-hybridized carbons (Fsp3) is 0.400. The molecule has 1 saturated heterocycles. The number of benzene rings is 1. The van der Waals surface area contributed by atoms with Gasteiger partial charge in [0.25, 0.3) is 0 Å². The van der Waals surface area contributed by atoms with Crippen LogP contribution in [0.25, 0.3) is 10.6 Å². The van der Waals surface area contributed by atoms with Crippen LogP contribution in [-0.4, -0.2) is 24.1 Å². The van der Waals surface area contributed by atoms with Gasteiger partial charge in [-0.1, -0.05) is 29.8 Å². The first kappa shape index (κ1) is 12.8. The molecule has 2 heterocycles. The Hall–Kier alpha value is -1.23. The quantitative estimate of drug-likeness (QED) is 0.899. The first-order valence-corrected chi connectivity index (χ1v) is 7.65. The second kappa shape index (κ2) is 5.82. The van der Waals surface area contributed by atoms with Gasteiger partial charge in [0.1, 0.15) is 5.01 Å². The van der Waals surface area contributed by atoms with Gasteiger partial charge in [-0.15, -0.1) is 11.3 Å². The molecule has 3 rings (SSSR count). The van der Waals surface area contributed by atoms with Gasteiger partial charge >= 0.3 is 0 Å². The minimum absolute atomic E-state index is 0.601. The monoisotopic (exact) mass is 273 g/mol. The van der Waals surface area contributed by atoms with Gasteiger partial charge in [0.2, 0.25) is 0 Å². The van der Waals surface area contributed by atoms with Crippen molar-refractivity contribution in [1.82, 2.24) is 15.6 Å². The summed E-state index contributed by atoms with van der Waals surface area (Å²) >= 11 is 1.72. The van der Waals surface area contributed by atoms with E-state index in [0.717, 1.165) is 30.3 Å². The van der Waals surface area contributed by atoms with E-state index in [1.165, 1.54) is 17.5 Å². The summed E-state index contributed by atoms with van der Waals surface area (Å²) in [6.45, 7) is 5.18. The molecule has 1 unspecified atom stereocenters. The van der Waals surface area contributed by atoms with Crippen LogP contribution in [0.15, 0.2) is 29.6 Å². The van der Waals surface area contributed by atoms with Crippen molar-refractivity contribution in [3.8, 4) is 10.6 Å². The molecule has 4 heteroatoms. The number of hydrogen-bond donors (Lipinski definition) is 2. The fourth-order valence-corrected chi connectivity index (χ4v) is 3.12. The van der Waals surface area contributed by atoms with E-state index in [0.29, 0.717) is 6.04 Å². The van der Waals surface area contributed by atoms with E-state index < -0.39 is 0 Å². The molecule has 0 radical (unpaired) electrons. The van der Waals surface area contributed by atoms with Crippen LogP contribution in [0, 0.1) is 6.92 Å². The van der Waals surface area contributed by atoms with Gasteiger partial charge in [-0.2, -0.15) is 0 Å². The number of rotatable bonds is 4. The Bertz CT molecular complexity index is 527. The lowest BCUT2D eigenvalue weighted by Crippen LogP contribution is -2.30. The van der Waals surface area contributed by atoms with Crippen LogP contribution in [0.3, 0.4) is 0 Å². The van der Waals surface area contributed by atoms with Crippen LogP contribution in [0.1, 0.15) is 17.7 Å². The van der Waals surface area contributed by atoms with Gasteiger partial charge in [0.15, 0.2) is 0 Å². The van der Waals surface area contributed by atoms with Crippen molar-refractivity contribution < 1.29 is 0 Å². The van der Waals surface area contributed by atoms with Crippen molar-refractivity contribution in [2.24, 2.45) is 0 Å². The van der Waals surface area contributed by atoms with Gasteiger partial charge in [-0.25, -0.2) is 4.98 Å². The third-order valence-electron chi connectivity index (χ3n) is 3.48. The van der Waals surface area contributed by atoms with Crippen molar-refractivity contribution >= 4 is 11.3 Å². The predicted octanol–water partition coefficient (Wildman–Crippen LogP) is 2.57. The van der Waals surface area contributed by atoms with Gasteiger partial charge in [0, 0.05) is 30.1 Å².